The van der Waals surface area contributed by atoms with Crippen LogP contribution in [0.15, 0.2) is 65.7 Å². The lowest BCUT2D eigenvalue weighted by Gasteiger charge is -2.42. The first-order valence-electron chi connectivity index (χ1n) is 12.4. The van der Waals surface area contributed by atoms with Crippen LogP contribution in [0.3, 0.4) is 0 Å². The number of benzene rings is 2. The van der Waals surface area contributed by atoms with E-state index >= 15 is 0 Å². The number of fused-ring (bicyclic) bond motifs is 1. The number of halogens is 4. The number of alkyl halides is 3. The highest BCUT2D eigenvalue weighted by atomic mass is 35.5. The van der Waals surface area contributed by atoms with Crippen LogP contribution in [0.1, 0.15) is 29.9 Å². The molecule has 3 aromatic rings. The van der Waals surface area contributed by atoms with Crippen LogP contribution in [0.2, 0.25) is 5.02 Å². The summed E-state index contributed by atoms with van der Waals surface area (Å²) in [5, 5.41) is 0.524. The van der Waals surface area contributed by atoms with Gasteiger partial charge in [0.05, 0.1) is 34.8 Å². The van der Waals surface area contributed by atoms with Gasteiger partial charge in [-0.1, -0.05) is 23.7 Å². The fraction of sp³-hybridized carbons (Fsp3) is 0.333. The predicted octanol–water partition coefficient (Wildman–Crippen LogP) is 5.27. The summed E-state index contributed by atoms with van der Waals surface area (Å²) in [6, 6.07) is 12.3. The van der Waals surface area contributed by atoms with Gasteiger partial charge in [0, 0.05) is 31.6 Å². The number of ether oxygens (including phenoxy) is 2. The summed E-state index contributed by atoms with van der Waals surface area (Å²) in [7, 11) is -3.18. The average Bonchev–Trinajstić information content (AvgIpc) is 2.91. The molecule has 0 saturated carbocycles. The van der Waals surface area contributed by atoms with E-state index in [9.17, 15) is 26.4 Å². The molecule has 8 nitrogen and oxygen atoms in total. The summed E-state index contributed by atoms with van der Waals surface area (Å²) in [5.74, 6) is 0.464. The second-order valence-corrected chi connectivity index (χ2v) is 11.8. The lowest BCUT2D eigenvalue weighted by molar-refractivity contribution is -0.141. The van der Waals surface area contributed by atoms with Crippen molar-refractivity contribution < 1.29 is 35.9 Å². The number of carbonyl (C=O) groups excluding carboxylic acids is 1. The van der Waals surface area contributed by atoms with Gasteiger partial charge in [-0.05, 0) is 54.4 Å². The quantitative estimate of drug-likeness (QED) is 0.344. The predicted molar refractivity (Wildman–Crippen MR) is 142 cm³/mol. The standard InChI is InChI=1S/C27H25ClF3N3O5S/c1-38-25(35)10-8-20-16-34(40(36,37)21-5-2-4-19(13-21)27(29,30)31)23-12-17(7-9-24(23)39-20)18-14-33(15-18)26-22(28)6-3-11-32-26/h2-7,9,11-13,18,20H,8,10,14-16H2,1H3/t20-/m0/s1. The molecule has 13 heteroatoms. The van der Waals surface area contributed by atoms with Crippen LogP contribution in [-0.4, -0.2) is 52.2 Å². The number of hydrogen-bond acceptors (Lipinski definition) is 7. The van der Waals surface area contributed by atoms with Crippen molar-refractivity contribution >= 4 is 39.1 Å². The molecule has 1 fully saturated rings. The Labute approximate surface area is 234 Å². The van der Waals surface area contributed by atoms with Gasteiger partial charge in [0.15, 0.2) is 0 Å². The molecule has 2 aliphatic rings. The average molecular weight is 596 g/mol. The number of anilines is 2. The van der Waals surface area contributed by atoms with Crippen molar-refractivity contribution in [3.05, 3.63) is 76.9 Å². The summed E-state index contributed by atoms with van der Waals surface area (Å²) >= 11 is 6.26. The number of pyridine rings is 1. The van der Waals surface area contributed by atoms with Crippen LogP contribution in [-0.2, 0) is 25.7 Å². The van der Waals surface area contributed by atoms with Gasteiger partial charge in [-0.3, -0.25) is 9.10 Å². The molecule has 1 aromatic heterocycles. The number of aromatic nitrogens is 1. The summed E-state index contributed by atoms with van der Waals surface area (Å²) in [6.45, 7) is 1.00. The van der Waals surface area contributed by atoms with Crippen LogP contribution in [0, 0.1) is 0 Å². The molecule has 3 heterocycles. The van der Waals surface area contributed by atoms with Gasteiger partial charge in [0.25, 0.3) is 10.0 Å². The van der Waals surface area contributed by atoms with E-state index in [0.717, 1.165) is 28.1 Å². The number of esters is 1. The second-order valence-electron chi connectivity index (χ2n) is 9.55. The van der Waals surface area contributed by atoms with Gasteiger partial charge < -0.3 is 14.4 Å². The topological polar surface area (TPSA) is 89.0 Å². The number of sulfonamides is 1. The first kappa shape index (κ1) is 28.0. The minimum absolute atomic E-state index is 0.0139. The molecule has 0 spiro atoms. The molecule has 0 aliphatic carbocycles. The second kappa shape index (κ2) is 10.8. The lowest BCUT2D eigenvalue weighted by Crippen LogP contribution is -2.46. The van der Waals surface area contributed by atoms with E-state index in [1.165, 1.54) is 7.11 Å². The minimum atomic E-state index is -4.71. The Balaban J connectivity index is 1.47. The van der Waals surface area contributed by atoms with Crippen LogP contribution in [0.5, 0.6) is 5.75 Å². The van der Waals surface area contributed by atoms with Gasteiger partial charge in [0.2, 0.25) is 0 Å². The minimum Gasteiger partial charge on any atom is -0.486 e. The number of nitrogens with zero attached hydrogens (tertiary/aromatic N) is 3. The van der Waals surface area contributed by atoms with E-state index < -0.39 is 38.7 Å². The molecular weight excluding hydrogens is 571 g/mol. The number of methoxy groups -OCH3 is 1. The number of rotatable bonds is 7. The van der Waals surface area contributed by atoms with E-state index in [4.69, 9.17) is 16.3 Å². The first-order chi connectivity index (χ1) is 19.0. The number of hydrogen-bond donors (Lipinski definition) is 0. The van der Waals surface area contributed by atoms with Crippen molar-refractivity contribution in [1.82, 2.24) is 4.98 Å². The Hall–Kier alpha value is -3.51. The summed E-state index contributed by atoms with van der Waals surface area (Å²) < 4.78 is 79.5. The molecule has 1 atom stereocenters. The van der Waals surface area contributed by atoms with Crippen molar-refractivity contribution in [3.8, 4) is 5.75 Å². The third kappa shape index (κ3) is 5.55. The molecule has 0 radical (unpaired) electrons. The van der Waals surface area contributed by atoms with Crippen molar-refractivity contribution in [1.29, 1.82) is 0 Å². The first-order valence-corrected chi connectivity index (χ1v) is 14.2. The fourth-order valence-electron chi connectivity index (χ4n) is 4.77. The van der Waals surface area contributed by atoms with E-state index in [-0.39, 0.29) is 36.7 Å². The van der Waals surface area contributed by atoms with Gasteiger partial charge in [-0.2, -0.15) is 13.2 Å². The molecule has 2 aliphatic heterocycles. The third-order valence-electron chi connectivity index (χ3n) is 6.95. The van der Waals surface area contributed by atoms with E-state index in [1.807, 2.05) is 11.0 Å². The highest BCUT2D eigenvalue weighted by Crippen LogP contribution is 2.42. The summed E-state index contributed by atoms with van der Waals surface area (Å²) in [4.78, 5) is 17.5. The Kier molecular flexibility index (Phi) is 7.58. The normalized spacial score (nSPS) is 17.6. The lowest BCUT2D eigenvalue weighted by atomic mass is 9.90. The van der Waals surface area contributed by atoms with Crippen LogP contribution >= 0.6 is 11.6 Å². The molecule has 212 valence electrons. The zero-order valence-electron chi connectivity index (χ0n) is 21.3. The van der Waals surface area contributed by atoms with Crippen LogP contribution in [0.25, 0.3) is 0 Å². The third-order valence-corrected chi connectivity index (χ3v) is 9.02. The van der Waals surface area contributed by atoms with Crippen molar-refractivity contribution in [3.63, 3.8) is 0 Å². The van der Waals surface area contributed by atoms with Crippen LogP contribution < -0.4 is 13.9 Å². The van der Waals surface area contributed by atoms with E-state index in [0.29, 0.717) is 30.0 Å². The molecule has 0 unspecified atom stereocenters. The van der Waals surface area contributed by atoms with E-state index in [1.54, 1.807) is 30.5 Å². The Bertz CT molecular complexity index is 1530. The summed E-state index contributed by atoms with van der Waals surface area (Å²) in [6.07, 6.45) is -3.64. The van der Waals surface area contributed by atoms with Gasteiger partial charge in [-0.15, -0.1) is 0 Å². The molecule has 2 aromatic carbocycles. The highest BCUT2D eigenvalue weighted by Gasteiger charge is 2.38. The van der Waals surface area contributed by atoms with Gasteiger partial charge in [0.1, 0.15) is 17.7 Å². The summed E-state index contributed by atoms with van der Waals surface area (Å²) in [5.41, 5.74) is -0.0118. The largest absolute Gasteiger partial charge is 0.486 e. The highest BCUT2D eigenvalue weighted by molar-refractivity contribution is 7.92. The fourth-order valence-corrected chi connectivity index (χ4v) is 6.56. The Morgan fingerprint density at radius 2 is 1.90 bits per heavy atom. The Morgan fingerprint density at radius 3 is 2.60 bits per heavy atom. The zero-order chi connectivity index (χ0) is 28.7. The SMILES string of the molecule is COC(=O)CC[C@H]1CN(S(=O)(=O)c2cccc(C(F)(F)F)c2)c2cc(C3CN(c4ncccc4Cl)C3)ccc2O1. The maximum absolute atomic E-state index is 13.8. The number of carbonyl (C=O) groups is 1. The van der Waals surface area contributed by atoms with E-state index in [2.05, 4.69) is 9.72 Å². The maximum Gasteiger partial charge on any atom is 0.416 e. The molecule has 0 amide bonds. The molecule has 0 N–H and O–H groups in total. The zero-order valence-corrected chi connectivity index (χ0v) is 22.8. The molecule has 1 saturated heterocycles. The smallest absolute Gasteiger partial charge is 0.416 e. The van der Waals surface area contributed by atoms with Crippen LogP contribution in [0.4, 0.5) is 24.7 Å². The monoisotopic (exact) mass is 595 g/mol. The molecule has 40 heavy (non-hydrogen) atoms. The Morgan fingerprint density at radius 1 is 1.12 bits per heavy atom. The molecular formula is C27H25ClF3N3O5S. The van der Waals surface area contributed by atoms with Crippen molar-refractivity contribution in [2.45, 2.75) is 35.9 Å². The van der Waals surface area contributed by atoms with Gasteiger partial charge in [-0.25, -0.2) is 13.4 Å². The van der Waals surface area contributed by atoms with Crippen molar-refractivity contribution in [2.75, 3.05) is 35.9 Å². The van der Waals surface area contributed by atoms with Gasteiger partial charge >= 0.3 is 12.1 Å². The molecule has 5 rings (SSSR count). The van der Waals surface area contributed by atoms with Crippen molar-refractivity contribution in [2.24, 2.45) is 0 Å². The maximum atomic E-state index is 13.8. The molecule has 0 bridgehead atoms.